The molecule has 0 amide bonds. The summed E-state index contributed by atoms with van der Waals surface area (Å²) in [6, 6.07) is -0.0134. The Morgan fingerprint density at radius 1 is 1.35 bits per heavy atom. The van der Waals surface area contributed by atoms with Crippen molar-refractivity contribution in [2.24, 2.45) is 5.92 Å². The summed E-state index contributed by atoms with van der Waals surface area (Å²) in [6.45, 7) is 1.63. The van der Waals surface area contributed by atoms with E-state index in [1.807, 2.05) is 0 Å². The van der Waals surface area contributed by atoms with Crippen LogP contribution < -0.4 is 0 Å². The lowest BCUT2D eigenvalue weighted by molar-refractivity contribution is -0.141. The number of carboxylic acid groups (broad SMARTS) is 1. The Balaban J connectivity index is 2.77. The zero-order valence-corrected chi connectivity index (χ0v) is 11.2. The van der Waals surface area contributed by atoms with Gasteiger partial charge < -0.3 is 5.11 Å². The van der Waals surface area contributed by atoms with Gasteiger partial charge in [-0.2, -0.15) is 4.31 Å². The van der Waals surface area contributed by atoms with Crippen LogP contribution in [0.25, 0.3) is 0 Å². The van der Waals surface area contributed by atoms with E-state index in [4.69, 9.17) is 5.11 Å². The Morgan fingerprint density at radius 2 is 1.88 bits per heavy atom. The van der Waals surface area contributed by atoms with Crippen molar-refractivity contribution < 1.29 is 18.3 Å². The standard InChI is InChI=1S/C11H21NO4S/c1-9(11(13)14)8-12(17(2,15)16)10-6-4-3-5-7-10/h9-10H,3-8H2,1-2H3,(H,13,14). The highest BCUT2D eigenvalue weighted by Gasteiger charge is 2.30. The number of nitrogens with zero attached hydrogens (tertiary/aromatic N) is 1. The number of carboxylic acids is 1. The highest BCUT2D eigenvalue weighted by atomic mass is 32.2. The maximum atomic E-state index is 11.7. The molecule has 17 heavy (non-hydrogen) atoms. The Labute approximate surface area is 103 Å². The summed E-state index contributed by atoms with van der Waals surface area (Å²) >= 11 is 0. The van der Waals surface area contributed by atoms with Crippen LogP contribution in [0.1, 0.15) is 39.0 Å². The van der Waals surface area contributed by atoms with Crippen molar-refractivity contribution in [2.75, 3.05) is 12.8 Å². The second kappa shape index (κ2) is 5.82. The van der Waals surface area contributed by atoms with E-state index in [2.05, 4.69) is 0 Å². The third kappa shape index (κ3) is 4.27. The van der Waals surface area contributed by atoms with Crippen molar-refractivity contribution in [3.05, 3.63) is 0 Å². The van der Waals surface area contributed by atoms with Crippen LogP contribution in [0.5, 0.6) is 0 Å². The van der Waals surface area contributed by atoms with E-state index in [0.29, 0.717) is 0 Å². The second-order valence-electron chi connectivity index (χ2n) is 4.86. The van der Waals surface area contributed by atoms with Crippen molar-refractivity contribution >= 4 is 16.0 Å². The first-order valence-corrected chi connectivity index (χ1v) is 7.87. The molecule has 5 nitrogen and oxygen atoms in total. The third-order valence-corrected chi connectivity index (χ3v) is 4.58. The summed E-state index contributed by atoms with van der Waals surface area (Å²) in [5.41, 5.74) is 0. The number of aliphatic carboxylic acids is 1. The number of hydrogen-bond acceptors (Lipinski definition) is 3. The summed E-state index contributed by atoms with van der Waals surface area (Å²) in [6.07, 6.45) is 6.05. The lowest BCUT2D eigenvalue weighted by atomic mass is 9.95. The van der Waals surface area contributed by atoms with Gasteiger partial charge in [0.15, 0.2) is 0 Å². The van der Waals surface area contributed by atoms with Crippen LogP contribution in [0.3, 0.4) is 0 Å². The predicted octanol–water partition coefficient (Wildman–Crippen LogP) is 1.30. The lowest BCUT2D eigenvalue weighted by Gasteiger charge is -2.33. The maximum Gasteiger partial charge on any atom is 0.307 e. The number of rotatable bonds is 5. The van der Waals surface area contributed by atoms with E-state index in [1.54, 1.807) is 6.92 Å². The largest absolute Gasteiger partial charge is 0.481 e. The van der Waals surface area contributed by atoms with Gasteiger partial charge in [0.2, 0.25) is 10.0 Å². The quantitative estimate of drug-likeness (QED) is 0.811. The fraction of sp³-hybridized carbons (Fsp3) is 0.909. The van der Waals surface area contributed by atoms with Crippen LogP contribution in [-0.4, -0.2) is 42.6 Å². The Kier molecular flexibility index (Phi) is 4.94. The van der Waals surface area contributed by atoms with E-state index in [9.17, 15) is 13.2 Å². The highest BCUT2D eigenvalue weighted by Crippen LogP contribution is 2.25. The van der Waals surface area contributed by atoms with Crippen LogP contribution in [0, 0.1) is 5.92 Å². The molecule has 1 saturated carbocycles. The first-order chi connectivity index (χ1) is 7.82. The first-order valence-electron chi connectivity index (χ1n) is 6.02. The molecule has 1 rings (SSSR count). The summed E-state index contributed by atoms with van der Waals surface area (Å²) in [4.78, 5) is 10.8. The predicted molar refractivity (Wildman–Crippen MR) is 65.2 cm³/mol. The Bertz CT molecular complexity index is 360. The van der Waals surface area contributed by atoms with Gasteiger partial charge in [0.25, 0.3) is 0 Å². The zero-order valence-electron chi connectivity index (χ0n) is 10.4. The zero-order chi connectivity index (χ0) is 13.1. The monoisotopic (exact) mass is 263 g/mol. The molecule has 0 saturated heterocycles. The SMILES string of the molecule is CC(CN(C1CCCCC1)S(C)(=O)=O)C(=O)O. The summed E-state index contributed by atoms with van der Waals surface area (Å²) in [5, 5.41) is 8.87. The summed E-state index contributed by atoms with van der Waals surface area (Å²) < 4.78 is 24.8. The molecule has 1 aliphatic carbocycles. The smallest absolute Gasteiger partial charge is 0.307 e. The van der Waals surface area contributed by atoms with Gasteiger partial charge in [0, 0.05) is 12.6 Å². The van der Waals surface area contributed by atoms with Crippen molar-refractivity contribution in [3.8, 4) is 0 Å². The van der Waals surface area contributed by atoms with Gasteiger partial charge in [-0.3, -0.25) is 4.79 Å². The number of sulfonamides is 1. The van der Waals surface area contributed by atoms with E-state index in [1.165, 1.54) is 4.31 Å². The van der Waals surface area contributed by atoms with Crippen molar-refractivity contribution in [1.29, 1.82) is 0 Å². The molecule has 100 valence electrons. The molecule has 1 N–H and O–H groups in total. The fourth-order valence-electron chi connectivity index (χ4n) is 2.27. The molecule has 1 fully saturated rings. The topological polar surface area (TPSA) is 74.7 Å². The minimum atomic E-state index is -3.32. The molecule has 6 heteroatoms. The van der Waals surface area contributed by atoms with Crippen LogP contribution in [0.15, 0.2) is 0 Å². The molecule has 0 radical (unpaired) electrons. The molecule has 0 aromatic heterocycles. The molecule has 1 unspecified atom stereocenters. The molecule has 0 bridgehead atoms. The minimum Gasteiger partial charge on any atom is -0.481 e. The van der Waals surface area contributed by atoms with Crippen LogP contribution in [-0.2, 0) is 14.8 Å². The van der Waals surface area contributed by atoms with E-state index in [-0.39, 0.29) is 12.6 Å². The van der Waals surface area contributed by atoms with Crippen molar-refractivity contribution in [2.45, 2.75) is 45.1 Å². The van der Waals surface area contributed by atoms with Gasteiger partial charge in [0.05, 0.1) is 12.2 Å². The Hall–Kier alpha value is -0.620. The number of carbonyl (C=O) groups is 1. The highest BCUT2D eigenvalue weighted by molar-refractivity contribution is 7.88. The van der Waals surface area contributed by atoms with Gasteiger partial charge in [-0.05, 0) is 12.8 Å². The molecule has 0 heterocycles. The first kappa shape index (κ1) is 14.4. The summed E-state index contributed by atoms with van der Waals surface area (Å²) in [5.74, 6) is -1.61. The van der Waals surface area contributed by atoms with E-state index >= 15 is 0 Å². The van der Waals surface area contributed by atoms with Gasteiger partial charge in [0.1, 0.15) is 0 Å². The van der Waals surface area contributed by atoms with Crippen LogP contribution in [0.2, 0.25) is 0 Å². The van der Waals surface area contributed by atoms with E-state index < -0.39 is 21.9 Å². The van der Waals surface area contributed by atoms with Gasteiger partial charge in [-0.25, -0.2) is 8.42 Å². The van der Waals surface area contributed by atoms with E-state index in [0.717, 1.165) is 38.4 Å². The van der Waals surface area contributed by atoms with Gasteiger partial charge in [-0.1, -0.05) is 26.2 Å². The third-order valence-electron chi connectivity index (χ3n) is 3.28. The number of hydrogen-bond donors (Lipinski definition) is 1. The average molecular weight is 263 g/mol. The average Bonchev–Trinajstić information content (AvgIpc) is 2.25. The Morgan fingerprint density at radius 3 is 2.29 bits per heavy atom. The molecular weight excluding hydrogens is 242 g/mol. The minimum absolute atomic E-state index is 0.0134. The molecular formula is C11H21NO4S. The van der Waals surface area contributed by atoms with Crippen molar-refractivity contribution in [1.82, 2.24) is 4.31 Å². The molecule has 0 spiro atoms. The maximum absolute atomic E-state index is 11.7. The van der Waals surface area contributed by atoms with Gasteiger partial charge >= 0.3 is 5.97 Å². The molecule has 1 aliphatic rings. The summed E-state index contributed by atoms with van der Waals surface area (Å²) in [7, 11) is -3.32. The molecule has 1 atom stereocenters. The van der Waals surface area contributed by atoms with Crippen molar-refractivity contribution in [3.63, 3.8) is 0 Å². The fourth-order valence-corrected chi connectivity index (χ4v) is 3.52. The molecule has 0 aliphatic heterocycles. The normalized spacial score (nSPS) is 20.4. The molecule has 0 aromatic carbocycles. The van der Waals surface area contributed by atoms with Crippen LogP contribution >= 0.6 is 0 Å². The molecule has 0 aromatic rings. The van der Waals surface area contributed by atoms with Crippen LogP contribution in [0.4, 0.5) is 0 Å². The lowest BCUT2D eigenvalue weighted by Crippen LogP contribution is -2.44. The second-order valence-corrected chi connectivity index (χ2v) is 6.80. The van der Waals surface area contributed by atoms with Gasteiger partial charge in [-0.15, -0.1) is 0 Å².